The third-order valence-electron chi connectivity index (χ3n) is 4.84. The average molecular weight is 473 g/mol. The van der Waals surface area contributed by atoms with Gasteiger partial charge in [0.2, 0.25) is 26.6 Å². The molecule has 0 unspecified atom stereocenters. The molecule has 0 radical (unpaired) electrons. The van der Waals surface area contributed by atoms with Gasteiger partial charge in [0.25, 0.3) is 0 Å². The minimum absolute atomic E-state index is 0.0641. The van der Waals surface area contributed by atoms with Crippen molar-refractivity contribution in [3.05, 3.63) is 54.4 Å². The van der Waals surface area contributed by atoms with E-state index in [1.54, 1.807) is 18.6 Å². The lowest BCUT2D eigenvalue weighted by Gasteiger charge is -2.18. The Morgan fingerprint density at radius 1 is 1.16 bits per heavy atom. The monoisotopic (exact) mass is 472 g/mol. The number of benzene rings is 1. The van der Waals surface area contributed by atoms with Crippen LogP contribution in [0.4, 0.5) is 5.88 Å². The summed E-state index contributed by atoms with van der Waals surface area (Å²) in [4.78, 5) is 9.18. The van der Waals surface area contributed by atoms with Crippen LogP contribution in [0.3, 0.4) is 0 Å². The lowest BCUT2D eigenvalue weighted by molar-refractivity contribution is 0.171. The predicted molar refractivity (Wildman–Crippen MR) is 118 cm³/mol. The Labute approximate surface area is 188 Å². The van der Waals surface area contributed by atoms with Gasteiger partial charge in [0.1, 0.15) is 13.2 Å². The number of aryl methyl sites for hydroxylation is 1. The first-order valence-electron chi connectivity index (χ1n) is 10.0. The number of hydrogen-bond donors (Lipinski definition) is 1. The van der Waals surface area contributed by atoms with Crippen LogP contribution in [0.2, 0.25) is 0 Å². The summed E-state index contributed by atoms with van der Waals surface area (Å²) in [5.41, 5.74) is 0. The minimum Gasteiger partial charge on any atom is -0.486 e. The van der Waals surface area contributed by atoms with Gasteiger partial charge in [-0.05, 0) is 30.0 Å². The highest BCUT2D eigenvalue weighted by atomic mass is 32.2. The van der Waals surface area contributed by atoms with Gasteiger partial charge >= 0.3 is 0 Å². The van der Waals surface area contributed by atoms with Gasteiger partial charge in [-0.1, -0.05) is 6.07 Å². The maximum Gasteiger partial charge on any atom is 0.240 e. The number of aromatic nitrogens is 3. The summed E-state index contributed by atoms with van der Waals surface area (Å²) in [5, 5.41) is 4.83. The van der Waals surface area contributed by atoms with Gasteiger partial charge in [-0.2, -0.15) is 4.98 Å². The van der Waals surface area contributed by atoms with Crippen LogP contribution in [0, 0.1) is 0 Å². The third kappa shape index (κ3) is 4.08. The van der Waals surface area contributed by atoms with E-state index >= 15 is 0 Å². The first-order chi connectivity index (χ1) is 15.6. The van der Waals surface area contributed by atoms with Gasteiger partial charge in [-0.15, -0.1) is 11.3 Å². The summed E-state index contributed by atoms with van der Waals surface area (Å²) < 4.78 is 45.8. The zero-order chi connectivity index (χ0) is 22.0. The van der Waals surface area contributed by atoms with Crippen molar-refractivity contribution in [3.8, 4) is 22.3 Å². The number of thiophene rings is 1. The maximum absolute atomic E-state index is 13.5. The van der Waals surface area contributed by atoms with Crippen LogP contribution in [0.15, 0.2) is 68.8 Å². The van der Waals surface area contributed by atoms with Crippen molar-refractivity contribution >= 4 is 27.1 Å². The highest BCUT2D eigenvalue weighted by Gasteiger charge is 2.30. The van der Waals surface area contributed by atoms with E-state index in [0.29, 0.717) is 31.3 Å². The summed E-state index contributed by atoms with van der Waals surface area (Å²) in [6.07, 6.45) is 6.08. The highest BCUT2D eigenvalue weighted by Crippen LogP contribution is 2.37. The molecule has 0 amide bonds. The van der Waals surface area contributed by atoms with Crippen molar-refractivity contribution in [1.29, 1.82) is 0 Å². The predicted octanol–water partition coefficient (Wildman–Crippen LogP) is 3.71. The molecule has 0 saturated carbocycles. The Kier molecular flexibility index (Phi) is 5.58. The molecule has 32 heavy (non-hydrogen) atoms. The molecule has 0 saturated heterocycles. The van der Waals surface area contributed by atoms with Crippen molar-refractivity contribution < 1.29 is 22.3 Å². The van der Waals surface area contributed by atoms with Crippen LogP contribution >= 0.6 is 11.3 Å². The van der Waals surface area contributed by atoms with Gasteiger partial charge in [-0.25, -0.2) is 13.4 Å². The van der Waals surface area contributed by atoms with E-state index in [4.69, 9.17) is 13.9 Å². The topological polar surface area (TPSA) is 108 Å². The second-order valence-corrected chi connectivity index (χ2v) is 9.83. The van der Waals surface area contributed by atoms with Crippen LogP contribution in [-0.2, 0) is 16.4 Å². The number of oxazole rings is 1. The van der Waals surface area contributed by atoms with Crippen LogP contribution in [0.1, 0.15) is 6.42 Å². The molecule has 0 atom stereocenters. The number of anilines is 1. The number of hydrogen-bond acceptors (Lipinski definition) is 9. The van der Waals surface area contributed by atoms with Gasteiger partial charge in [-0.3, -0.25) is 0 Å². The number of nitrogens with zero attached hydrogens (tertiary/aromatic N) is 3. The van der Waals surface area contributed by atoms with Crippen LogP contribution in [0.5, 0.6) is 11.5 Å². The molecule has 0 fully saturated rings. The molecule has 1 N–H and O–H groups in total. The molecule has 0 bridgehead atoms. The smallest absolute Gasteiger partial charge is 0.240 e. The summed E-state index contributed by atoms with van der Waals surface area (Å²) >= 11 is 1.42. The van der Waals surface area contributed by atoms with E-state index in [1.807, 2.05) is 28.3 Å². The van der Waals surface area contributed by atoms with Crippen molar-refractivity contribution in [2.75, 3.05) is 25.1 Å². The number of imidazole rings is 1. The number of sulfone groups is 1. The molecular formula is C21H20N4O5S2. The van der Waals surface area contributed by atoms with Crippen molar-refractivity contribution in [2.24, 2.45) is 0 Å². The van der Waals surface area contributed by atoms with Crippen molar-refractivity contribution in [1.82, 2.24) is 14.5 Å². The molecule has 3 aromatic heterocycles. The molecule has 5 rings (SSSR count). The second kappa shape index (κ2) is 8.67. The summed E-state index contributed by atoms with van der Waals surface area (Å²) in [5.74, 6) is 1.30. The molecule has 1 aromatic carbocycles. The van der Waals surface area contributed by atoms with E-state index in [2.05, 4.69) is 15.3 Å². The Morgan fingerprint density at radius 3 is 2.81 bits per heavy atom. The van der Waals surface area contributed by atoms with E-state index in [-0.39, 0.29) is 21.7 Å². The maximum atomic E-state index is 13.5. The Balaban J connectivity index is 1.44. The minimum atomic E-state index is -3.97. The normalized spacial score (nSPS) is 13.2. The molecule has 4 aromatic rings. The Hall–Kier alpha value is -3.31. The van der Waals surface area contributed by atoms with Crippen LogP contribution in [0.25, 0.3) is 10.8 Å². The second-order valence-electron chi connectivity index (χ2n) is 7.02. The van der Waals surface area contributed by atoms with E-state index < -0.39 is 9.84 Å². The molecule has 166 valence electrons. The number of fused-ring (bicyclic) bond motifs is 1. The summed E-state index contributed by atoms with van der Waals surface area (Å²) in [6.45, 7) is 2.04. The molecule has 0 spiro atoms. The summed E-state index contributed by atoms with van der Waals surface area (Å²) in [7, 11) is -3.97. The average Bonchev–Trinajstić information content (AvgIpc) is 3.58. The van der Waals surface area contributed by atoms with E-state index in [1.165, 1.54) is 23.5 Å². The number of nitrogens with one attached hydrogen (secondary N) is 1. The number of rotatable bonds is 8. The summed E-state index contributed by atoms with van der Waals surface area (Å²) in [6, 6.07) is 8.24. The fourth-order valence-electron chi connectivity index (χ4n) is 3.29. The highest BCUT2D eigenvalue weighted by molar-refractivity contribution is 7.91. The lowest BCUT2D eigenvalue weighted by atomic mass is 10.3. The molecular weight excluding hydrogens is 452 g/mol. The lowest BCUT2D eigenvalue weighted by Crippen LogP contribution is -2.16. The standard InChI is InChI=1S/C21H20N4O5S2/c26-32(27,15-4-5-16-17(13-15)29-11-10-28-16)21-20(23-6-2-8-25-9-7-22-14-25)30-19(24-21)18-3-1-12-31-18/h1,3-5,7,9,12-14,23H,2,6,8,10-11H2. The Morgan fingerprint density at radius 2 is 2.03 bits per heavy atom. The molecule has 1 aliphatic rings. The largest absolute Gasteiger partial charge is 0.486 e. The molecule has 9 nitrogen and oxygen atoms in total. The van der Waals surface area contributed by atoms with E-state index in [0.717, 1.165) is 17.8 Å². The van der Waals surface area contributed by atoms with Crippen LogP contribution < -0.4 is 14.8 Å². The third-order valence-corrected chi connectivity index (χ3v) is 7.36. The van der Waals surface area contributed by atoms with Gasteiger partial charge in [0, 0.05) is 31.5 Å². The SMILES string of the molecule is O=S(=O)(c1ccc2c(c1)OCCO2)c1nc(-c2cccs2)oc1NCCCn1ccnc1. The van der Waals surface area contributed by atoms with Crippen molar-refractivity contribution in [3.63, 3.8) is 0 Å². The molecule has 11 heteroatoms. The zero-order valence-electron chi connectivity index (χ0n) is 16.9. The van der Waals surface area contributed by atoms with E-state index in [9.17, 15) is 8.42 Å². The molecule has 0 aliphatic carbocycles. The van der Waals surface area contributed by atoms with Gasteiger partial charge < -0.3 is 23.8 Å². The molecule has 4 heterocycles. The molecule has 1 aliphatic heterocycles. The van der Waals surface area contributed by atoms with Gasteiger partial charge in [0.15, 0.2) is 11.5 Å². The zero-order valence-corrected chi connectivity index (χ0v) is 18.6. The quantitative estimate of drug-likeness (QED) is 0.387. The first-order valence-corrected chi connectivity index (χ1v) is 12.4. The number of ether oxygens (including phenoxy) is 2. The fourth-order valence-corrected chi connectivity index (χ4v) is 5.23. The first kappa shape index (κ1) is 20.6. The van der Waals surface area contributed by atoms with Crippen molar-refractivity contribution in [2.45, 2.75) is 22.9 Å². The van der Waals surface area contributed by atoms with Gasteiger partial charge in [0.05, 0.1) is 16.1 Å². The van der Waals surface area contributed by atoms with Crippen LogP contribution in [-0.4, -0.2) is 42.7 Å². The fraction of sp³-hybridized carbons (Fsp3) is 0.238. The Bertz CT molecular complexity index is 1300.